The van der Waals surface area contributed by atoms with E-state index < -0.39 is 11.6 Å². The number of hydrogen-bond donors (Lipinski definition) is 2. The van der Waals surface area contributed by atoms with E-state index in [1.165, 1.54) is 12.5 Å². The van der Waals surface area contributed by atoms with Crippen LogP contribution in [0.1, 0.15) is 50.0 Å². The van der Waals surface area contributed by atoms with Crippen LogP contribution in [0.4, 0.5) is 8.78 Å². The Hall–Kier alpha value is -1.49. The van der Waals surface area contributed by atoms with E-state index in [2.05, 4.69) is 5.32 Å². The fourth-order valence-corrected chi connectivity index (χ4v) is 3.42. The zero-order valence-corrected chi connectivity index (χ0v) is 12.6. The Kier molecular flexibility index (Phi) is 4.17. The number of rotatable bonds is 4. The van der Waals surface area contributed by atoms with Gasteiger partial charge in [-0.3, -0.25) is 4.79 Å². The van der Waals surface area contributed by atoms with Crippen LogP contribution < -0.4 is 11.1 Å². The number of nitrogens with one attached hydrogen (secondary N) is 1. The predicted molar refractivity (Wildman–Crippen MR) is 80.2 cm³/mol. The number of benzene rings is 1. The molecule has 0 aliphatic heterocycles. The molecule has 0 aromatic heterocycles. The molecular weight excluding hydrogens is 286 g/mol. The monoisotopic (exact) mass is 308 g/mol. The summed E-state index contributed by atoms with van der Waals surface area (Å²) in [6, 6.07) is 3.87. The molecule has 0 saturated heterocycles. The van der Waals surface area contributed by atoms with Gasteiger partial charge < -0.3 is 11.1 Å². The van der Waals surface area contributed by atoms with Gasteiger partial charge in [0.1, 0.15) is 0 Å². The number of halogens is 2. The van der Waals surface area contributed by atoms with E-state index in [0.717, 1.165) is 31.7 Å². The maximum Gasteiger partial charge on any atom is 0.223 e. The van der Waals surface area contributed by atoms with E-state index in [-0.39, 0.29) is 23.3 Å². The molecule has 1 aromatic rings. The summed E-state index contributed by atoms with van der Waals surface area (Å²) in [6.45, 7) is 0.507. The Morgan fingerprint density at radius 1 is 1.23 bits per heavy atom. The van der Waals surface area contributed by atoms with Crippen LogP contribution in [0.15, 0.2) is 18.2 Å². The smallest absolute Gasteiger partial charge is 0.223 e. The zero-order valence-electron chi connectivity index (χ0n) is 12.6. The van der Waals surface area contributed by atoms with Gasteiger partial charge >= 0.3 is 0 Å². The van der Waals surface area contributed by atoms with Gasteiger partial charge in [-0.15, -0.1) is 0 Å². The van der Waals surface area contributed by atoms with Gasteiger partial charge in [-0.05, 0) is 42.9 Å². The molecule has 2 saturated carbocycles. The van der Waals surface area contributed by atoms with Crippen LogP contribution in [0.5, 0.6) is 0 Å². The molecule has 0 heterocycles. The molecule has 3 N–H and O–H groups in total. The van der Waals surface area contributed by atoms with Crippen LogP contribution in [-0.4, -0.2) is 18.0 Å². The average molecular weight is 308 g/mol. The molecule has 0 spiro atoms. The molecular formula is C17H22F2N2O. The van der Waals surface area contributed by atoms with Crippen molar-refractivity contribution in [2.45, 2.75) is 50.0 Å². The summed E-state index contributed by atoms with van der Waals surface area (Å²) in [5.41, 5.74) is 6.72. The molecule has 1 amide bonds. The normalized spacial score (nSPS) is 26.5. The molecule has 3 nitrogen and oxygen atoms in total. The highest BCUT2D eigenvalue weighted by Crippen LogP contribution is 2.47. The van der Waals surface area contributed by atoms with Crippen molar-refractivity contribution < 1.29 is 13.6 Å². The lowest BCUT2D eigenvalue weighted by Crippen LogP contribution is -2.51. The highest BCUT2D eigenvalue weighted by Gasteiger charge is 2.44. The number of hydrogen-bond acceptors (Lipinski definition) is 2. The van der Waals surface area contributed by atoms with Crippen molar-refractivity contribution >= 4 is 5.91 Å². The lowest BCUT2D eigenvalue weighted by atomic mass is 9.82. The van der Waals surface area contributed by atoms with Crippen molar-refractivity contribution in [3.05, 3.63) is 35.4 Å². The van der Waals surface area contributed by atoms with Crippen LogP contribution >= 0.6 is 0 Å². The fraction of sp³-hybridized carbons (Fsp3) is 0.588. The third kappa shape index (κ3) is 3.29. The third-order valence-electron chi connectivity index (χ3n) is 4.96. The summed E-state index contributed by atoms with van der Waals surface area (Å²) >= 11 is 0. The van der Waals surface area contributed by atoms with Crippen molar-refractivity contribution in [1.29, 1.82) is 0 Å². The molecule has 2 aliphatic carbocycles. The Balaban J connectivity index is 1.53. The van der Waals surface area contributed by atoms with Gasteiger partial charge in [0.25, 0.3) is 0 Å². The van der Waals surface area contributed by atoms with E-state index in [4.69, 9.17) is 5.73 Å². The van der Waals surface area contributed by atoms with Crippen molar-refractivity contribution in [3.8, 4) is 0 Å². The SMILES string of the molecule is NC1(CNC(=O)C2CC2c2ccc(F)c(F)c2)CCCCC1. The molecule has 1 aromatic carbocycles. The van der Waals surface area contributed by atoms with Crippen molar-refractivity contribution in [3.63, 3.8) is 0 Å². The summed E-state index contributed by atoms with van der Waals surface area (Å²) in [7, 11) is 0. The summed E-state index contributed by atoms with van der Waals surface area (Å²) < 4.78 is 26.2. The summed E-state index contributed by atoms with van der Waals surface area (Å²) in [4.78, 5) is 12.2. The van der Waals surface area contributed by atoms with Gasteiger partial charge in [0.15, 0.2) is 11.6 Å². The van der Waals surface area contributed by atoms with Crippen LogP contribution in [0.2, 0.25) is 0 Å². The van der Waals surface area contributed by atoms with Crippen LogP contribution in [0.3, 0.4) is 0 Å². The molecule has 2 atom stereocenters. The number of carbonyl (C=O) groups is 1. The lowest BCUT2D eigenvalue weighted by Gasteiger charge is -2.33. The van der Waals surface area contributed by atoms with Gasteiger partial charge in [0.2, 0.25) is 5.91 Å². The second-order valence-corrected chi connectivity index (χ2v) is 6.76. The Bertz CT molecular complexity index is 570. The molecule has 0 radical (unpaired) electrons. The van der Waals surface area contributed by atoms with Crippen LogP contribution in [-0.2, 0) is 4.79 Å². The first-order valence-corrected chi connectivity index (χ1v) is 8.00. The van der Waals surface area contributed by atoms with Gasteiger partial charge in [0, 0.05) is 18.0 Å². The van der Waals surface area contributed by atoms with Gasteiger partial charge in [0.05, 0.1) is 0 Å². The first-order chi connectivity index (χ1) is 10.5. The molecule has 2 unspecified atom stereocenters. The molecule has 0 bridgehead atoms. The van der Waals surface area contributed by atoms with E-state index in [1.54, 1.807) is 6.07 Å². The second kappa shape index (κ2) is 5.95. The minimum Gasteiger partial charge on any atom is -0.354 e. The summed E-state index contributed by atoms with van der Waals surface area (Å²) in [6.07, 6.45) is 6.04. The van der Waals surface area contributed by atoms with Gasteiger partial charge in [-0.2, -0.15) is 0 Å². The van der Waals surface area contributed by atoms with E-state index in [0.29, 0.717) is 18.5 Å². The first kappa shape index (κ1) is 15.4. The summed E-state index contributed by atoms with van der Waals surface area (Å²) in [5, 5.41) is 2.95. The van der Waals surface area contributed by atoms with Crippen molar-refractivity contribution in [1.82, 2.24) is 5.32 Å². The van der Waals surface area contributed by atoms with Crippen LogP contribution in [0, 0.1) is 17.6 Å². The van der Waals surface area contributed by atoms with Gasteiger partial charge in [-0.1, -0.05) is 25.3 Å². The molecule has 3 rings (SSSR count). The Morgan fingerprint density at radius 3 is 2.64 bits per heavy atom. The van der Waals surface area contributed by atoms with Crippen molar-refractivity contribution in [2.24, 2.45) is 11.7 Å². The van der Waals surface area contributed by atoms with Crippen molar-refractivity contribution in [2.75, 3.05) is 6.54 Å². The quantitative estimate of drug-likeness (QED) is 0.898. The average Bonchev–Trinajstić information content (AvgIpc) is 3.29. The molecule has 2 aliphatic rings. The highest BCUT2D eigenvalue weighted by atomic mass is 19.2. The van der Waals surface area contributed by atoms with E-state index >= 15 is 0 Å². The molecule has 22 heavy (non-hydrogen) atoms. The maximum atomic E-state index is 13.2. The standard InChI is InChI=1S/C17H22F2N2O/c18-14-5-4-11(8-15(14)19)12-9-13(12)16(22)21-10-17(20)6-2-1-3-7-17/h4-5,8,12-13H,1-3,6-7,9-10,20H2,(H,21,22). The largest absolute Gasteiger partial charge is 0.354 e. The minimum atomic E-state index is -0.855. The number of carbonyl (C=O) groups excluding carboxylic acids is 1. The molecule has 2 fully saturated rings. The van der Waals surface area contributed by atoms with E-state index in [9.17, 15) is 13.6 Å². The second-order valence-electron chi connectivity index (χ2n) is 6.76. The number of nitrogens with two attached hydrogens (primary N) is 1. The molecule has 5 heteroatoms. The van der Waals surface area contributed by atoms with Gasteiger partial charge in [-0.25, -0.2) is 8.78 Å². The predicted octanol–water partition coefficient (Wildman–Crippen LogP) is 2.85. The number of amides is 1. The topological polar surface area (TPSA) is 55.1 Å². The highest BCUT2D eigenvalue weighted by molar-refractivity contribution is 5.83. The maximum absolute atomic E-state index is 13.2. The van der Waals surface area contributed by atoms with Crippen LogP contribution in [0.25, 0.3) is 0 Å². The summed E-state index contributed by atoms with van der Waals surface area (Å²) in [5.74, 6) is -1.88. The Morgan fingerprint density at radius 2 is 1.95 bits per heavy atom. The molecule has 120 valence electrons. The zero-order chi connectivity index (χ0) is 15.7. The minimum absolute atomic E-state index is 0.00446. The van der Waals surface area contributed by atoms with E-state index in [1.807, 2.05) is 0 Å². The first-order valence-electron chi connectivity index (χ1n) is 8.00. The Labute approximate surface area is 129 Å². The lowest BCUT2D eigenvalue weighted by molar-refractivity contribution is -0.122. The fourth-order valence-electron chi connectivity index (χ4n) is 3.42. The third-order valence-corrected chi connectivity index (χ3v) is 4.96.